The van der Waals surface area contributed by atoms with Crippen LogP contribution in [0.25, 0.3) is 0 Å². The van der Waals surface area contributed by atoms with Crippen molar-refractivity contribution in [1.29, 1.82) is 0 Å². The van der Waals surface area contributed by atoms with Crippen molar-refractivity contribution < 1.29 is 9.59 Å². The van der Waals surface area contributed by atoms with Gasteiger partial charge in [-0.2, -0.15) is 0 Å². The van der Waals surface area contributed by atoms with E-state index in [1.165, 1.54) is 27.2 Å². The van der Waals surface area contributed by atoms with Crippen LogP contribution in [0, 0.1) is 22.3 Å². The first kappa shape index (κ1) is 17.4. The number of carbonyl (C=O) groups excluding carboxylic acids is 2. The first-order chi connectivity index (χ1) is 14.1. The quantitative estimate of drug-likeness (QED) is 0.355. The van der Waals surface area contributed by atoms with Crippen LogP contribution in [0.4, 0.5) is 5.69 Å². The van der Waals surface area contributed by atoms with Gasteiger partial charge in [-0.1, -0.05) is 48.5 Å². The number of imide groups is 1. The third-order valence-electron chi connectivity index (χ3n) is 6.85. The number of aryl methyl sites for hydroxylation is 1. The molecule has 3 aromatic rings. The maximum Gasteiger partial charge on any atom is 0.238 e. The van der Waals surface area contributed by atoms with Gasteiger partial charge in [-0.05, 0) is 75.5 Å². The number of halogens is 1. The molecular formula is C25H18INO2. The zero-order chi connectivity index (χ0) is 19.9. The number of amides is 2. The Balaban J connectivity index is 1.57. The highest BCUT2D eigenvalue weighted by atomic mass is 127. The van der Waals surface area contributed by atoms with Gasteiger partial charge in [0.15, 0.2) is 0 Å². The van der Waals surface area contributed by atoms with Gasteiger partial charge >= 0.3 is 0 Å². The highest BCUT2D eigenvalue weighted by Gasteiger charge is 2.61. The molecule has 0 saturated carbocycles. The van der Waals surface area contributed by atoms with Crippen molar-refractivity contribution in [3.63, 3.8) is 0 Å². The third-order valence-corrected chi connectivity index (χ3v) is 7.52. The summed E-state index contributed by atoms with van der Waals surface area (Å²) >= 11 is 2.26. The maximum atomic E-state index is 13.7. The summed E-state index contributed by atoms with van der Waals surface area (Å²) < 4.78 is 1.10. The van der Waals surface area contributed by atoms with Gasteiger partial charge < -0.3 is 0 Å². The molecule has 2 atom stereocenters. The predicted octanol–water partition coefficient (Wildman–Crippen LogP) is 5.00. The van der Waals surface area contributed by atoms with Crippen molar-refractivity contribution in [2.24, 2.45) is 11.8 Å². The molecule has 4 aliphatic rings. The molecule has 142 valence electrons. The van der Waals surface area contributed by atoms with Gasteiger partial charge in [0.25, 0.3) is 0 Å². The molecule has 3 nitrogen and oxygen atoms in total. The first-order valence-electron chi connectivity index (χ1n) is 9.89. The van der Waals surface area contributed by atoms with Crippen LogP contribution >= 0.6 is 22.6 Å². The number of rotatable bonds is 1. The first-order valence-corrected chi connectivity index (χ1v) is 11.0. The van der Waals surface area contributed by atoms with Crippen LogP contribution in [0.2, 0.25) is 0 Å². The monoisotopic (exact) mass is 491 g/mol. The van der Waals surface area contributed by atoms with Crippen LogP contribution in [0.1, 0.15) is 39.7 Å². The molecule has 1 heterocycles. The molecule has 4 heteroatoms. The summed E-state index contributed by atoms with van der Waals surface area (Å²) in [7, 11) is 0. The number of benzene rings is 3. The molecule has 2 amide bonds. The van der Waals surface area contributed by atoms with Crippen LogP contribution in [0.15, 0.2) is 66.7 Å². The molecule has 0 spiro atoms. The smallest absolute Gasteiger partial charge is 0.238 e. The Hall–Kier alpha value is -2.47. The minimum absolute atomic E-state index is 0.0525. The topological polar surface area (TPSA) is 37.4 Å². The highest BCUT2D eigenvalue weighted by molar-refractivity contribution is 14.1. The molecular weight excluding hydrogens is 473 g/mol. The molecule has 0 aromatic heterocycles. The normalized spacial score (nSPS) is 26.3. The third kappa shape index (κ3) is 2.18. The lowest BCUT2D eigenvalue weighted by atomic mass is 9.55. The maximum absolute atomic E-state index is 13.7. The van der Waals surface area contributed by atoms with Crippen LogP contribution < -0.4 is 4.90 Å². The lowest BCUT2D eigenvalue weighted by Gasteiger charge is -2.45. The summed E-state index contributed by atoms with van der Waals surface area (Å²) in [5.74, 6) is -0.857. The van der Waals surface area contributed by atoms with Gasteiger partial charge in [-0.25, -0.2) is 4.90 Å². The van der Waals surface area contributed by atoms with Gasteiger partial charge in [0.2, 0.25) is 11.8 Å². The summed E-state index contributed by atoms with van der Waals surface area (Å²) in [6.07, 6.45) is 0. The Kier molecular flexibility index (Phi) is 3.61. The fourth-order valence-corrected chi connectivity index (χ4v) is 6.43. The lowest BCUT2D eigenvalue weighted by Crippen LogP contribution is -2.41. The zero-order valence-electron chi connectivity index (χ0n) is 15.8. The molecule has 3 aliphatic carbocycles. The second-order valence-electron chi connectivity index (χ2n) is 8.21. The molecule has 3 aromatic carbocycles. The highest BCUT2D eigenvalue weighted by Crippen LogP contribution is 2.61. The minimum atomic E-state index is -0.323. The van der Waals surface area contributed by atoms with E-state index < -0.39 is 0 Å². The van der Waals surface area contributed by atoms with Crippen LogP contribution in [-0.2, 0) is 9.59 Å². The summed E-state index contributed by atoms with van der Waals surface area (Å²) in [5.41, 5.74) is 6.51. The second kappa shape index (κ2) is 6.02. The van der Waals surface area contributed by atoms with E-state index >= 15 is 0 Å². The Bertz CT molecular complexity index is 1100. The van der Waals surface area contributed by atoms with E-state index in [1.807, 2.05) is 49.4 Å². The number of hydrogen-bond donors (Lipinski definition) is 0. The number of anilines is 1. The molecule has 1 fully saturated rings. The molecule has 0 radical (unpaired) electrons. The Morgan fingerprint density at radius 3 is 1.59 bits per heavy atom. The van der Waals surface area contributed by atoms with Crippen LogP contribution in [-0.4, -0.2) is 11.8 Å². The van der Waals surface area contributed by atoms with E-state index in [2.05, 4.69) is 46.9 Å². The molecule has 1 aliphatic heterocycles. The predicted molar refractivity (Wildman–Crippen MR) is 120 cm³/mol. The number of nitrogens with zero attached hydrogens (tertiary/aromatic N) is 1. The SMILES string of the molecule is Cc1cc(I)ccc1N1C(=O)C2C3c4ccccc4C(c4ccccc43)C2C1=O. The van der Waals surface area contributed by atoms with Crippen molar-refractivity contribution >= 4 is 40.1 Å². The molecule has 1 saturated heterocycles. The Morgan fingerprint density at radius 1 is 0.724 bits per heavy atom. The van der Waals surface area contributed by atoms with Crippen molar-refractivity contribution in [2.45, 2.75) is 18.8 Å². The van der Waals surface area contributed by atoms with E-state index in [0.29, 0.717) is 0 Å². The standard InChI is InChI=1S/C25H18INO2/c1-13-12-14(26)10-11-19(13)27-24(28)22-20-15-6-2-3-7-16(15)21(23(22)25(27)29)18-9-5-4-8-17(18)20/h2-12,20-23H,1H3. The lowest BCUT2D eigenvalue weighted by molar-refractivity contribution is -0.122. The summed E-state index contributed by atoms with van der Waals surface area (Å²) in [4.78, 5) is 28.9. The van der Waals surface area contributed by atoms with E-state index in [4.69, 9.17) is 0 Å². The molecule has 2 bridgehead atoms. The fourth-order valence-electron chi connectivity index (χ4n) is 5.78. The molecule has 2 unspecified atom stereocenters. The van der Waals surface area contributed by atoms with Gasteiger partial charge in [0, 0.05) is 15.4 Å². The van der Waals surface area contributed by atoms with Crippen molar-refractivity contribution in [3.05, 3.63) is 98.1 Å². The fraction of sp³-hybridized carbons (Fsp3) is 0.200. The number of carbonyl (C=O) groups is 2. The van der Waals surface area contributed by atoms with Gasteiger partial charge in [-0.15, -0.1) is 0 Å². The molecule has 29 heavy (non-hydrogen) atoms. The Labute approximate surface area is 182 Å². The second-order valence-corrected chi connectivity index (χ2v) is 9.45. The van der Waals surface area contributed by atoms with E-state index in [1.54, 1.807) is 0 Å². The summed E-state index contributed by atoms with van der Waals surface area (Å²) in [6.45, 7) is 1.97. The average Bonchev–Trinajstić information content (AvgIpc) is 2.99. The van der Waals surface area contributed by atoms with Crippen LogP contribution in [0.3, 0.4) is 0 Å². The summed E-state index contributed by atoms with van der Waals surface area (Å²) in [6, 6.07) is 22.6. The van der Waals surface area contributed by atoms with Gasteiger partial charge in [0.05, 0.1) is 17.5 Å². The van der Waals surface area contributed by atoms with E-state index in [0.717, 1.165) is 14.8 Å². The largest absolute Gasteiger partial charge is 0.274 e. The van der Waals surface area contributed by atoms with E-state index in [9.17, 15) is 9.59 Å². The average molecular weight is 491 g/mol. The van der Waals surface area contributed by atoms with Crippen molar-refractivity contribution in [3.8, 4) is 0 Å². The van der Waals surface area contributed by atoms with E-state index in [-0.39, 0.29) is 35.5 Å². The summed E-state index contributed by atoms with van der Waals surface area (Å²) in [5, 5.41) is 0. The van der Waals surface area contributed by atoms with Gasteiger partial charge in [0.1, 0.15) is 0 Å². The zero-order valence-corrected chi connectivity index (χ0v) is 18.0. The molecule has 7 rings (SSSR count). The number of hydrogen-bond acceptors (Lipinski definition) is 2. The van der Waals surface area contributed by atoms with Crippen molar-refractivity contribution in [2.75, 3.05) is 4.90 Å². The van der Waals surface area contributed by atoms with Crippen molar-refractivity contribution in [1.82, 2.24) is 0 Å². The molecule has 0 N–H and O–H groups in total. The van der Waals surface area contributed by atoms with Crippen LogP contribution in [0.5, 0.6) is 0 Å². The Morgan fingerprint density at radius 2 is 1.17 bits per heavy atom. The van der Waals surface area contributed by atoms with Gasteiger partial charge in [-0.3, -0.25) is 9.59 Å². The minimum Gasteiger partial charge on any atom is -0.274 e.